The number of likely N-dealkylation sites (tertiary alicyclic amines) is 1. The normalized spacial score (nSPS) is 13.9. The first-order valence-electron chi connectivity index (χ1n) is 9.58. The zero-order valence-corrected chi connectivity index (χ0v) is 15.9. The van der Waals surface area contributed by atoms with Gasteiger partial charge >= 0.3 is 0 Å². The van der Waals surface area contributed by atoms with Crippen LogP contribution in [0.1, 0.15) is 29.8 Å². The van der Waals surface area contributed by atoms with Gasteiger partial charge in [-0.15, -0.1) is 0 Å². The third-order valence-corrected chi connectivity index (χ3v) is 5.07. The Morgan fingerprint density at radius 1 is 1.14 bits per heavy atom. The zero-order valence-electron chi connectivity index (χ0n) is 15.9. The standard InChI is InChI=1S/C21H22N4O4/c22-20(27)17-7-5-15(21(28)24-17)18-12-13-11-14(4-6-16(13)23-18)29-10-2-9-25-8-1-3-19(25)26/h4-7,11-12,23H,1-3,8-10H2,(H2,22,27)(H,24,28). The summed E-state index contributed by atoms with van der Waals surface area (Å²) in [6, 6.07) is 10.6. The van der Waals surface area contributed by atoms with Crippen molar-refractivity contribution in [3.05, 3.63) is 52.4 Å². The highest BCUT2D eigenvalue weighted by molar-refractivity contribution is 5.91. The number of nitrogens with one attached hydrogen (secondary N) is 2. The number of nitrogens with zero attached hydrogens (tertiary/aromatic N) is 1. The molecule has 1 saturated heterocycles. The largest absolute Gasteiger partial charge is 0.494 e. The number of amides is 2. The van der Waals surface area contributed by atoms with Crippen LogP contribution >= 0.6 is 0 Å². The molecule has 2 amide bonds. The maximum absolute atomic E-state index is 12.3. The van der Waals surface area contributed by atoms with Crippen LogP contribution in [0.5, 0.6) is 5.75 Å². The number of ether oxygens (including phenoxy) is 1. The highest BCUT2D eigenvalue weighted by Gasteiger charge is 2.19. The molecule has 0 saturated carbocycles. The minimum absolute atomic E-state index is 0.0705. The summed E-state index contributed by atoms with van der Waals surface area (Å²) in [4.78, 5) is 42.6. The number of nitrogens with two attached hydrogens (primary N) is 1. The summed E-state index contributed by atoms with van der Waals surface area (Å²) in [6.45, 7) is 2.09. The van der Waals surface area contributed by atoms with Gasteiger partial charge in [0.2, 0.25) is 5.91 Å². The molecule has 1 aromatic carbocycles. The molecule has 8 nitrogen and oxygen atoms in total. The lowest BCUT2D eigenvalue weighted by Crippen LogP contribution is -2.26. The molecule has 0 aliphatic carbocycles. The summed E-state index contributed by atoms with van der Waals surface area (Å²) >= 11 is 0. The molecule has 8 heteroatoms. The maximum atomic E-state index is 12.3. The van der Waals surface area contributed by atoms with Crippen molar-refractivity contribution in [3.8, 4) is 17.0 Å². The number of pyridine rings is 1. The van der Waals surface area contributed by atoms with Crippen LogP contribution in [0.3, 0.4) is 0 Å². The van der Waals surface area contributed by atoms with Crippen LogP contribution in [0.4, 0.5) is 0 Å². The molecular formula is C21H22N4O4. The van der Waals surface area contributed by atoms with Crippen LogP contribution in [-0.2, 0) is 4.79 Å². The smallest absolute Gasteiger partial charge is 0.265 e. The summed E-state index contributed by atoms with van der Waals surface area (Å²) in [6.07, 6.45) is 2.38. The van der Waals surface area contributed by atoms with Crippen molar-refractivity contribution >= 4 is 22.7 Å². The van der Waals surface area contributed by atoms with Crippen LogP contribution in [0.2, 0.25) is 0 Å². The fraction of sp³-hybridized carbons (Fsp3) is 0.286. The number of hydrogen-bond donors (Lipinski definition) is 3. The van der Waals surface area contributed by atoms with E-state index in [4.69, 9.17) is 10.5 Å². The highest BCUT2D eigenvalue weighted by Crippen LogP contribution is 2.26. The van der Waals surface area contributed by atoms with E-state index >= 15 is 0 Å². The number of hydrogen-bond acceptors (Lipinski definition) is 4. The van der Waals surface area contributed by atoms with Gasteiger partial charge in [-0.25, -0.2) is 0 Å². The molecule has 1 aliphatic rings. The van der Waals surface area contributed by atoms with Gasteiger partial charge < -0.3 is 25.3 Å². The topological polar surface area (TPSA) is 121 Å². The molecule has 2 aromatic heterocycles. The summed E-state index contributed by atoms with van der Waals surface area (Å²) in [7, 11) is 0. The van der Waals surface area contributed by atoms with Crippen LogP contribution < -0.4 is 16.0 Å². The van der Waals surface area contributed by atoms with E-state index in [-0.39, 0.29) is 17.2 Å². The van der Waals surface area contributed by atoms with Crippen LogP contribution in [0.15, 0.2) is 41.2 Å². The van der Waals surface area contributed by atoms with Gasteiger partial charge in [0, 0.05) is 30.4 Å². The first-order valence-corrected chi connectivity index (χ1v) is 9.58. The number of fused-ring (bicyclic) bond motifs is 1. The Hall–Kier alpha value is -3.55. The van der Waals surface area contributed by atoms with Crippen molar-refractivity contribution in [2.24, 2.45) is 5.73 Å². The fourth-order valence-corrected chi connectivity index (χ4v) is 3.56. The van der Waals surface area contributed by atoms with Crippen molar-refractivity contribution in [3.63, 3.8) is 0 Å². The van der Waals surface area contributed by atoms with Crippen molar-refractivity contribution in [2.45, 2.75) is 19.3 Å². The van der Waals surface area contributed by atoms with Crippen molar-refractivity contribution in [1.82, 2.24) is 14.9 Å². The Kier molecular flexibility index (Phi) is 5.07. The van der Waals surface area contributed by atoms with Crippen LogP contribution in [0.25, 0.3) is 22.2 Å². The molecular weight excluding hydrogens is 372 g/mol. The molecule has 0 bridgehead atoms. The lowest BCUT2D eigenvalue weighted by molar-refractivity contribution is -0.127. The van der Waals surface area contributed by atoms with E-state index in [1.165, 1.54) is 6.07 Å². The van der Waals surface area contributed by atoms with Gasteiger partial charge in [0.1, 0.15) is 11.4 Å². The molecule has 1 fully saturated rings. The minimum atomic E-state index is -0.679. The summed E-state index contributed by atoms with van der Waals surface area (Å²) in [5.74, 6) is 0.278. The van der Waals surface area contributed by atoms with E-state index in [0.29, 0.717) is 24.3 Å². The number of carbonyl (C=O) groups excluding carboxylic acids is 2. The molecule has 1 aliphatic heterocycles. The van der Waals surface area contributed by atoms with E-state index < -0.39 is 5.91 Å². The lowest BCUT2D eigenvalue weighted by atomic mass is 10.1. The van der Waals surface area contributed by atoms with E-state index in [0.717, 1.165) is 42.6 Å². The van der Waals surface area contributed by atoms with Gasteiger partial charge in [0.15, 0.2) is 0 Å². The van der Waals surface area contributed by atoms with Gasteiger partial charge in [-0.05, 0) is 49.2 Å². The number of aromatic amines is 2. The monoisotopic (exact) mass is 394 g/mol. The predicted molar refractivity (Wildman–Crippen MR) is 109 cm³/mol. The second-order valence-electron chi connectivity index (χ2n) is 7.10. The van der Waals surface area contributed by atoms with Crippen LogP contribution in [0, 0.1) is 0 Å². The average Bonchev–Trinajstić information content (AvgIpc) is 3.30. The summed E-state index contributed by atoms with van der Waals surface area (Å²) in [5.41, 5.74) is 6.80. The summed E-state index contributed by atoms with van der Waals surface area (Å²) in [5, 5.41) is 0.908. The van der Waals surface area contributed by atoms with Crippen molar-refractivity contribution < 1.29 is 14.3 Å². The Labute approximate surface area is 166 Å². The summed E-state index contributed by atoms with van der Waals surface area (Å²) < 4.78 is 5.82. The van der Waals surface area contributed by atoms with E-state index in [2.05, 4.69) is 9.97 Å². The zero-order chi connectivity index (χ0) is 20.4. The number of rotatable bonds is 7. The fourth-order valence-electron chi connectivity index (χ4n) is 3.56. The van der Waals surface area contributed by atoms with E-state index in [1.807, 2.05) is 29.2 Å². The molecule has 3 aromatic rings. The Balaban J connectivity index is 1.44. The Bertz CT molecular complexity index is 1130. The number of H-pyrrole nitrogens is 2. The predicted octanol–water partition coefficient (Wildman–Crippen LogP) is 2.01. The number of primary amides is 1. The van der Waals surface area contributed by atoms with Gasteiger partial charge in [-0.3, -0.25) is 14.4 Å². The Morgan fingerprint density at radius 3 is 2.72 bits per heavy atom. The maximum Gasteiger partial charge on any atom is 0.265 e. The van der Waals surface area contributed by atoms with Gasteiger partial charge in [-0.1, -0.05) is 0 Å². The molecule has 3 heterocycles. The lowest BCUT2D eigenvalue weighted by Gasteiger charge is -2.15. The van der Waals surface area contributed by atoms with Gasteiger partial charge in [-0.2, -0.15) is 0 Å². The van der Waals surface area contributed by atoms with E-state index in [1.54, 1.807) is 6.07 Å². The second-order valence-corrected chi connectivity index (χ2v) is 7.10. The third-order valence-electron chi connectivity index (χ3n) is 5.07. The number of carbonyl (C=O) groups is 2. The molecule has 0 unspecified atom stereocenters. The van der Waals surface area contributed by atoms with Crippen molar-refractivity contribution in [1.29, 1.82) is 0 Å². The average molecular weight is 394 g/mol. The number of benzene rings is 1. The molecule has 0 spiro atoms. The van der Waals surface area contributed by atoms with Gasteiger partial charge in [0.25, 0.3) is 11.5 Å². The molecule has 4 rings (SSSR count). The molecule has 4 N–H and O–H groups in total. The molecule has 0 radical (unpaired) electrons. The molecule has 150 valence electrons. The van der Waals surface area contributed by atoms with E-state index in [9.17, 15) is 14.4 Å². The third kappa shape index (κ3) is 4.01. The SMILES string of the molecule is NC(=O)c1ccc(-c2cc3cc(OCCCN4CCCC4=O)ccc3[nH]2)c(=O)[nH]1. The van der Waals surface area contributed by atoms with Gasteiger partial charge in [0.05, 0.1) is 17.9 Å². The quantitative estimate of drug-likeness (QED) is 0.531. The first-order chi connectivity index (χ1) is 14.0. The number of aromatic nitrogens is 2. The van der Waals surface area contributed by atoms with Crippen molar-refractivity contribution in [2.75, 3.05) is 19.7 Å². The Morgan fingerprint density at radius 2 is 2.00 bits per heavy atom. The second kappa shape index (κ2) is 7.83. The minimum Gasteiger partial charge on any atom is -0.494 e. The molecule has 0 atom stereocenters. The molecule has 29 heavy (non-hydrogen) atoms. The van der Waals surface area contributed by atoms with Crippen LogP contribution in [-0.4, -0.2) is 46.4 Å². The first kappa shape index (κ1) is 18.8. The highest BCUT2D eigenvalue weighted by atomic mass is 16.5.